The van der Waals surface area contributed by atoms with Gasteiger partial charge in [0.05, 0.1) is 12.8 Å². The van der Waals surface area contributed by atoms with E-state index in [2.05, 4.69) is 14.7 Å². The molecule has 5 rings (SSSR count). The van der Waals surface area contributed by atoms with Crippen LogP contribution in [0.1, 0.15) is 31.7 Å². The fourth-order valence-corrected chi connectivity index (χ4v) is 7.47. The van der Waals surface area contributed by atoms with Crippen LogP contribution >= 0.6 is 11.3 Å². The van der Waals surface area contributed by atoms with Gasteiger partial charge >= 0.3 is 5.97 Å². The lowest BCUT2D eigenvalue weighted by Crippen LogP contribution is -2.48. The molecule has 2 aromatic heterocycles. The molecule has 0 aliphatic carbocycles. The Labute approximate surface area is 229 Å². The normalized spacial score (nSPS) is 18.7. The monoisotopic (exact) mass is 574 g/mol. The second-order valence-corrected chi connectivity index (χ2v) is 12.5. The fraction of sp³-hybridized carbons (Fsp3) is 0.440. The number of aromatic nitrogens is 2. The molecule has 2 aliphatic rings. The number of thiazole rings is 1. The zero-order chi connectivity index (χ0) is 27.7. The molecule has 0 saturated carbocycles. The van der Waals surface area contributed by atoms with Gasteiger partial charge in [-0.25, -0.2) is 23.2 Å². The zero-order valence-electron chi connectivity index (χ0n) is 21.4. The highest BCUT2D eigenvalue weighted by Crippen LogP contribution is 2.32. The number of benzene rings is 1. The van der Waals surface area contributed by atoms with Crippen molar-refractivity contribution in [3.05, 3.63) is 36.2 Å². The van der Waals surface area contributed by atoms with Crippen molar-refractivity contribution in [2.24, 2.45) is 0 Å². The smallest absolute Gasteiger partial charge is 0.326 e. The number of rotatable bonds is 10. The number of fused-ring (bicyclic) bond motifs is 1. The summed E-state index contributed by atoms with van der Waals surface area (Å²) in [5, 5.41) is 12.2. The average molecular weight is 575 g/mol. The zero-order valence-corrected chi connectivity index (χ0v) is 23.0. The largest absolute Gasteiger partial charge is 0.494 e. The van der Waals surface area contributed by atoms with Gasteiger partial charge in [0.2, 0.25) is 5.91 Å². The Hall–Kier alpha value is -3.49. The number of nitrogens with zero attached hydrogens (tertiary/aromatic N) is 4. The van der Waals surface area contributed by atoms with E-state index in [1.165, 1.54) is 11.1 Å². The third-order valence-corrected chi connectivity index (χ3v) is 9.99. The summed E-state index contributed by atoms with van der Waals surface area (Å²) < 4.78 is 34.4. The molecule has 2 saturated heterocycles. The molecule has 3 aromatic rings. The standard InChI is InChI=1S/C25H30N6O6S2/c1-2-37-20-13-17-15(5-7-27-22(17)26)11-16(20)12-19(24(33)34)31-10-6-18(23(31)32)29-39(35,36)21-14-28-25(38-21)30-8-3-4-9-30/h5,7,11,13-14,18-19,29H,2-4,6,8-10,12H2,1H3,(H2,26,27)(H,33,34)/t18-,19+/m0/s1. The van der Waals surface area contributed by atoms with E-state index in [0.717, 1.165) is 42.7 Å². The van der Waals surface area contributed by atoms with Gasteiger partial charge in [-0.05, 0) is 55.3 Å². The first-order valence-electron chi connectivity index (χ1n) is 12.7. The number of nitrogens with two attached hydrogens (primary N) is 1. The Bertz CT molecular complexity index is 1500. The lowest BCUT2D eigenvalue weighted by molar-refractivity contribution is -0.148. The Morgan fingerprint density at radius 1 is 1.28 bits per heavy atom. The number of likely N-dealkylation sites (tertiary alicyclic amines) is 1. The molecule has 0 spiro atoms. The maximum absolute atomic E-state index is 13.3. The number of pyridine rings is 1. The van der Waals surface area contributed by atoms with Crippen LogP contribution in [0.3, 0.4) is 0 Å². The van der Waals surface area contributed by atoms with E-state index in [-0.39, 0.29) is 23.6 Å². The Morgan fingerprint density at radius 2 is 2.05 bits per heavy atom. The topological polar surface area (TPSA) is 168 Å². The van der Waals surface area contributed by atoms with Crippen LogP contribution in [0.4, 0.5) is 10.9 Å². The van der Waals surface area contributed by atoms with Gasteiger partial charge in [0.15, 0.2) is 9.34 Å². The van der Waals surface area contributed by atoms with Crippen molar-refractivity contribution in [3.63, 3.8) is 0 Å². The highest BCUT2D eigenvalue weighted by Gasteiger charge is 2.41. The first-order valence-corrected chi connectivity index (χ1v) is 15.0. The van der Waals surface area contributed by atoms with Gasteiger partial charge < -0.3 is 25.4 Å². The lowest BCUT2D eigenvalue weighted by atomic mass is 10.00. The number of hydrogen-bond acceptors (Lipinski definition) is 10. The molecule has 4 heterocycles. The van der Waals surface area contributed by atoms with E-state index < -0.39 is 34.0 Å². The van der Waals surface area contributed by atoms with Crippen molar-refractivity contribution < 1.29 is 27.9 Å². The van der Waals surface area contributed by atoms with Crippen LogP contribution in [0.25, 0.3) is 10.8 Å². The SMILES string of the molecule is CCOc1cc2c(N)nccc2cc1C[C@H](C(=O)O)N1CC[C@H](NS(=O)(=O)c2cnc(N3CCCC3)s2)C1=O. The average Bonchev–Trinajstić information content (AvgIpc) is 3.66. The third kappa shape index (κ3) is 5.49. The maximum atomic E-state index is 13.3. The minimum atomic E-state index is -4.01. The van der Waals surface area contributed by atoms with Crippen molar-refractivity contribution in [2.75, 3.05) is 36.9 Å². The molecular formula is C25H30N6O6S2. The van der Waals surface area contributed by atoms with Crippen LogP contribution in [0.5, 0.6) is 5.75 Å². The number of anilines is 2. The van der Waals surface area contributed by atoms with Crippen molar-refractivity contribution in [3.8, 4) is 5.75 Å². The van der Waals surface area contributed by atoms with E-state index >= 15 is 0 Å². The number of carboxylic acid groups (broad SMARTS) is 1. The van der Waals surface area contributed by atoms with Crippen LogP contribution in [0.2, 0.25) is 0 Å². The summed E-state index contributed by atoms with van der Waals surface area (Å²) in [5.41, 5.74) is 6.60. The van der Waals surface area contributed by atoms with E-state index in [9.17, 15) is 23.1 Å². The fourth-order valence-electron chi connectivity index (χ4n) is 5.05. The number of nitrogen functional groups attached to an aromatic ring is 1. The second-order valence-electron chi connectivity index (χ2n) is 9.52. The quantitative estimate of drug-likeness (QED) is 0.325. The second kappa shape index (κ2) is 10.9. The molecular weight excluding hydrogens is 544 g/mol. The summed E-state index contributed by atoms with van der Waals surface area (Å²) >= 11 is 1.06. The maximum Gasteiger partial charge on any atom is 0.326 e. The van der Waals surface area contributed by atoms with Gasteiger partial charge in [-0.3, -0.25) is 4.79 Å². The first-order chi connectivity index (χ1) is 18.7. The van der Waals surface area contributed by atoms with Gasteiger partial charge in [-0.15, -0.1) is 0 Å². The number of amides is 1. The predicted octanol–water partition coefficient (Wildman–Crippen LogP) is 1.85. The highest BCUT2D eigenvalue weighted by molar-refractivity contribution is 7.91. The lowest BCUT2D eigenvalue weighted by Gasteiger charge is -2.26. The number of sulfonamides is 1. The van der Waals surface area contributed by atoms with Gasteiger partial charge in [-0.2, -0.15) is 4.72 Å². The van der Waals surface area contributed by atoms with Crippen LogP contribution in [-0.4, -0.2) is 78.6 Å². The Kier molecular flexibility index (Phi) is 7.60. The molecule has 1 aromatic carbocycles. The van der Waals surface area contributed by atoms with Crippen LogP contribution < -0.4 is 20.1 Å². The Balaban J connectivity index is 1.34. The van der Waals surface area contributed by atoms with Crippen molar-refractivity contribution in [1.82, 2.24) is 19.6 Å². The van der Waals surface area contributed by atoms with Gasteiger partial charge in [0.1, 0.15) is 23.7 Å². The number of nitrogens with one attached hydrogen (secondary N) is 1. The highest BCUT2D eigenvalue weighted by atomic mass is 32.2. The van der Waals surface area contributed by atoms with E-state index in [0.29, 0.717) is 34.3 Å². The van der Waals surface area contributed by atoms with E-state index in [1.807, 2.05) is 11.8 Å². The minimum Gasteiger partial charge on any atom is -0.494 e. The number of carboxylic acids is 1. The van der Waals surface area contributed by atoms with Crippen LogP contribution in [0, 0.1) is 0 Å². The van der Waals surface area contributed by atoms with Crippen LogP contribution in [0.15, 0.2) is 34.8 Å². The minimum absolute atomic E-state index is 0.0247. The summed E-state index contributed by atoms with van der Waals surface area (Å²) in [6, 6.07) is 3.00. The summed E-state index contributed by atoms with van der Waals surface area (Å²) in [7, 11) is -4.01. The molecule has 2 atom stereocenters. The van der Waals surface area contributed by atoms with Gasteiger partial charge in [0, 0.05) is 37.6 Å². The number of carbonyl (C=O) groups is 2. The van der Waals surface area contributed by atoms with Gasteiger partial charge in [0.25, 0.3) is 10.0 Å². The number of hydrogen-bond donors (Lipinski definition) is 3. The summed E-state index contributed by atoms with van der Waals surface area (Å²) in [4.78, 5) is 37.2. The molecule has 1 amide bonds. The van der Waals surface area contributed by atoms with Gasteiger partial charge in [-0.1, -0.05) is 11.3 Å². The molecule has 4 N–H and O–H groups in total. The molecule has 2 fully saturated rings. The predicted molar refractivity (Wildman–Crippen MR) is 146 cm³/mol. The number of aliphatic carboxylic acids is 1. The molecule has 39 heavy (non-hydrogen) atoms. The number of ether oxygens (including phenoxy) is 1. The summed E-state index contributed by atoms with van der Waals surface area (Å²) in [5.74, 6) is -0.990. The summed E-state index contributed by atoms with van der Waals surface area (Å²) in [6.07, 6.45) is 5.06. The van der Waals surface area contributed by atoms with E-state index in [4.69, 9.17) is 10.5 Å². The van der Waals surface area contributed by atoms with Crippen molar-refractivity contribution in [1.29, 1.82) is 0 Å². The van der Waals surface area contributed by atoms with Crippen molar-refractivity contribution >= 4 is 55.0 Å². The summed E-state index contributed by atoms with van der Waals surface area (Å²) in [6.45, 7) is 3.92. The molecule has 0 radical (unpaired) electrons. The molecule has 0 bridgehead atoms. The van der Waals surface area contributed by atoms with Crippen molar-refractivity contribution in [2.45, 2.75) is 48.9 Å². The molecule has 2 aliphatic heterocycles. The Morgan fingerprint density at radius 3 is 2.77 bits per heavy atom. The van der Waals surface area contributed by atoms with E-state index in [1.54, 1.807) is 24.4 Å². The molecule has 0 unspecified atom stereocenters. The first kappa shape index (κ1) is 27.1. The number of carbonyl (C=O) groups excluding carboxylic acids is 1. The third-order valence-electron chi connectivity index (χ3n) is 7.00. The molecule has 12 nitrogen and oxygen atoms in total. The molecule has 208 valence electrons. The molecule has 14 heteroatoms. The van der Waals surface area contributed by atoms with Crippen LogP contribution in [-0.2, 0) is 26.0 Å².